The quantitative estimate of drug-likeness (QED) is 0.851. The van der Waals surface area contributed by atoms with Crippen molar-refractivity contribution in [3.8, 4) is 0 Å². The molecule has 0 spiro atoms. The van der Waals surface area contributed by atoms with Crippen LogP contribution in [0.4, 0.5) is 0 Å². The summed E-state index contributed by atoms with van der Waals surface area (Å²) in [6.07, 6.45) is 3.44. The van der Waals surface area contributed by atoms with E-state index in [2.05, 4.69) is 31.2 Å². The molecule has 110 valence electrons. The number of halogens is 1. The molecule has 0 amide bonds. The summed E-state index contributed by atoms with van der Waals surface area (Å²) in [5, 5.41) is 8.81. The molecule has 0 bridgehead atoms. The predicted octanol–water partition coefficient (Wildman–Crippen LogP) is 3.43. The number of nitrogens with one attached hydrogen (secondary N) is 1. The largest absolute Gasteiger partial charge is 0.469 e. The van der Waals surface area contributed by atoms with Gasteiger partial charge in [0.25, 0.3) is 0 Å². The van der Waals surface area contributed by atoms with Crippen LogP contribution in [0.15, 0.2) is 22.8 Å². The second-order valence-corrected chi connectivity index (χ2v) is 5.32. The Morgan fingerprint density at radius 2 is 2.25 bits per heavy atom. The molecule has 1 N–H and O–H groups in total. The Morgan fingerprint density at radius 3 is 2.85 bits per heavy atom. The maximum atomic E-state index is 6.39. The van der Waals surface area contributed by atoms with E-state index in [1.54, 1.807) is 6.26 Å². The van der Waals surface area contributed by atoms with Crippen molar-refractivity contribution in [2.75, 3.05) is 0 Å². The molecule has 2 aromatic heterocycles. The van der Waals surface area contributed by atoms with E-state index < -0.39 is 0 Å². The minimum absolute atomic E-state index is 0.322. The second-order valence-electron chi connectivity index (χ2n) is 4.94. The summed E-state index contributed by atoms with van der Waals surface area (Å²) in [6.45, 7) is 7.86. The van der Waals surface area contributed by atoms with Crippen LogP contribution in [0.2, 0.25) is 5.02 Å². The zero-order valence-corrected chi connectivity index (χ0v) is 13.1. The molecule has 0 aliphatic rings. The van der Waals surface area contributed by atoms with Gasteiger partial charge in [-0.1, -0.05) is 18.5 Å². The van der Waals surface area contributed by atoms with Gasteiger partial charge in [-0.3, -0.25) is 4.68 Å². The Hall–Kier alpha value is -1.26. The molecule has 2 heterocycles. The zero-order valence-electron chi connectivity index (χ0n) is 12.3. The highest BCUT2D eigenvalue weighted by molar-refractivity contribution is 6.31. The number of hydrogen-bond acceptors (Lipinski definition) is 3. The molecule has 0 radical (unpaired) electrons. The van der Waals surface area contributed by atoms with E-state index in [4.69, 9.17) is 16.0 Å². The molecule has 5 heteroatoms. The van der Waals surface area contributed by atoms with Gasteiger partial charge >= 0.3 is 0 Å². The topological polar surface area (TPSA) is 43.0 Å². The maximum absolute atomic E-state index is 6.39. The smallest absolute Gasteiger partial charge is 0.105 e. The third-order valence-corrected chi connectivity index (χ3v) is 3.84. The van der Waals surface area contributed by atoms with Gasteiger partial charge in [-0.2, -0.15) is 5.10 Å². The molecule has 0 saturated heterocycles. The first-order valence-corrected chi connectivity index (χ1v) is 7.53. The van der Waals surface area contributed by atoms with E-state index in [9.17, 15) is 0 Å². The van der Waals surface area contributed by atoms with Crippen LogP contribution in [0.5, 0.6) is 0 Å². The van der Waals surface area contributed by atoms with Gasteiger partial charge < -0.3 is 9.73 Å². The van der Waals surface area contributed by atoms with Crippen LogP contribution in [0.1, 0.15) is 37.9 Å². The number of hydrogen-bond donors (Lipinski definition) is 1. The lowest BCUT2D eigenvalue weighted by Crippen LogP contribution is -2.28. The van der Waals surface area contributed by atoms with Crippen molar-refractivity contribution in [2.24, 2.45) is 0 Å². The molecular weight excluding hydrogens is 274 g/mol. The molecule has 2 aromatic rings. The number of aromatic nitrogens is 2. The van der Waals surface area contributed by atoms with E-state index in [-0.39, 0.29) is 0 Å². The Bertz CT molecular complexity index is 534. The molecule has 0 aromatic carbocycles. The highest BCUT2D eigenvalue weighted by Crippen LogP contribution is 2.21. The highest BCUT2D eigenvalue weighted by atomic mass is 35.5. The normalized spacial score (nSPS) is 12.8. The van der Waals surface area contributed by atoms with Crippen LogP contribution >= 0.6 is 11.6 Å². The number of furan rings is 1. The zero-order chi connectivity index (χ0) is 14.5. The summed E-state index contributed by atoms with van der Waals surface area (Å²) in [7, 11) is 0. The van der Waals surface area contributed by atoms with Crippen molar-refractivity contribution in [3.63, 3.8) is 0 Å². The molecule has 0 aliphatic carbocycles. The SMILES string of the molecule is CCc1nn(CC)c(CNC(C)Cc2ccco2)c1Cl. The van der Waals surface area contributed by atoms with Crippen molar-refractivity contribution >= 4 is 11.6 Å². The Balaban J connectivity index is 1.97. The van der Waals surface area contributed by atoms with E-state index in [0.29, 0.717) is 6.04 Å². The van der Waals surface area contributed by atoms with Gasteiger partial charge in [0.2, 0.25) is 0 Å². The first kappa shape index (κ1) is 15.1. The van der Waals surface area contributed by atoms with E-state index in [1.165, 1.54) is 0 Å². The highest BCUT2D eigenvalue weighted by Gasteiger charge is 2.15. The van der Waals surface area contributed by atoms with E-state index >= 15 is 0 Å². The Labute approximate surface area is 125 Å². The Morgan fingerprint density at radius 1 is 1.45 bits per heavy atom. The molecule has 1 atom stereocenters. The van der Waals surface area contributed by atoms with Crippen LogP contribution in [0, 0.1) is 0 Å². The number of rotatable bonds is 7. The average Bonchev–Trinajstić information content (AvgIpc) is 3.04. The molecule has 0 fully saturated rings. The summed E-state index contributed by atoms with van der Waals surface area (Å²) < 4.78 is 7.34. The maximum Gasteiger partial charge on any atom is 0.105 e. The molecule has 0 saturated carbocycles. The van der Waals surface area contributed by atoms with Gasteiger partial charge in [0.05, 0.1) is 22.7 Å². The van der Waals surface area contributed by atoms with Crippen LogP contribution in [0.25, 0.3) is 0 Å². The van der Waals surface area contributed by atoms with Gasteiger partial charge in [0, 0.05) is 25.6 Å². The molecular formula is C15H22ClN3O. The fourth-order valence-corrected chi connectivity index (χ4v) is 2.60. The van der Waals surface area contributed by atoms with Gasteiger partial charge in [-0.15, -0.1) is 0 Å². The van der Waals surface area contributed by atoms with Crippen molar-refractivity contribution in [2.45, 2.75) is 52.7 Å². The van der Waals surface area contributed by atoms with Crippen LogP contribution in [-0.2, 0) is 25.9 Å². The van der Waals surface area contributed by atoms with Crippen LogP contribution in [0.3, 0.4) is 0 Å². The first-order valence-electron chi connectivity index (χ1n) is 7.15. The van der Waals surface area contributed by atoms with E-state index in [1.807, 2.05) is 16.8 Å². The van der Waals surface area contributed by atoms with Gasteiger partial charge in [-0.05, 0) is 32.4 Å². The van der Waals surface area contributed by atoms with Gasteiger partial charge in [0.1, 0.15) is 5.76 Å². The summed E-state index contributed by atoms with van der Waals surface area (Å²) in [6, 6.07) is 4.23. The number of nitrogens with zero attached hydrogens (tertiary/aromatic N) is 2. The van der Waals surface area contributed by atoms with Gasteiger partial charge in [-0.25, -0.2) is 0 Å². The van der Waals surface area contributed by atoms with Gasteiger partial charge in [0.15, 0.2) is 0 Å². The standard InChI is InChI=1S/C15H22ClN3O/c1-4-13-15(16)14(19(5-2)18-13)10-17-11(3)9-12-7-6-8-20-12/h6-8,11,17H,4-5,9-10H2,1-3H3. The van der Waals surface area contributed by atoms with Crippen LogP contribution in [-0.4, -0.2) is 15.8 Å². The summed E-state index contributed by atoms with van der Waals surface area (Å²) in [5.74, 6) is 0.995. The van der Waals surface area contributed by atoms with Crippen molar-refractivity contribution < 1.29 is 4.42 Å². The molecule has 1 unspecified atom stereocenters. The second kappa shape index (κ2) is 6.95. The molecule has 20 heavy (non-hydrogen) atoms. The molecule has 4 nitrogen and oxygen atoms in total. The minimum atomic E-state index is 0.322. The number of aryl methyl sites for hydroxylation is 2. The monoisotopic (exact) mass is 295 g/mol. The predicted molar refractivity (Wildman–Crippen MR) is 81.0 cm³/mol. The average molecular weight is 296 g/mol. The van der Waals surface area contributed by atoms with Crippen LogP contribution < -0.4 is 5.32 Å². The first-order chi connectivity index (χ1) is 9.65. The summed E-state index contributed by atoms with van der Waals surface area (Å²) in [5.41, 5.74) is 2.04. The fraction of sp³-hybridized carbons (Fsp3) is 0.533. The van der Waals surface area contributed by atoms with Crippen molar-refractivity contribution in [3.05, 3.63) is 40.6 Å². The summed E-state index contributed by atoms with van der Waals surface area (Å²) >= 11 is 6.39. The van der Waals surface area contributed by atoms with E-state index in [0.717, 1.165) is 48.1 Å². The lowest BCUT2D eigenvalue weighted by Gasteiger charge is -2.13. The lowest BCUT2D eigenvalue weighted by atomic mass is 10.2. The molecule has 2 rings (SSSR count). The Kier molecular flexibility index (Phi) is 5.26. The third-order valence-electron chi connectivity index (χ3n) is 3.40. The van der Waals surface area contributed by atoms with Crippen molar-refractivity contribution in [1.29, 1.82) is 0 Å². The van der Waals surface area contributed by atoms with Crippen molar-refractivity contribution in [1.82, 2.24) is 15.1 Å². The third kappa shape index (κ3) is 3.44. The fourth-order valence-electron chi connectivity index (χ4n) is 2.26. The minimum Gasteiger partial charge on any atom is -0.469 e. The summed E-state index contributed by atoms with van der Waals surface area (Å²) in [4.78, 5) is 0. The lowest BCUT2D eigenvalue weighted by molar-refractivity contribution is 0.449. The molecule has 0 aliphatic heterocycles.